The standard InChI is InChI=1S/C10H12ClN5S/c1-6-8(11)15-10-12-5-13-16(10)9(6)14-7-2-3-17-4-7/h5,7,14H,2-4H2,1H3. The molecule has 2 aromatic heterocycles. The second-order valence-electron chi connectivity index (χ2n) is 4.05. The van der Waals surface area contributed by atoms with Crippen molar-refractivity contribution < 1.29 is 0 Å². The second kappa shape index (κ2) is 4.34. The molecule has 0 aromatic carbocycles. The van der Waals surface area contributed by atoms with Crippen LogP contribution in [0.15, 0.2) is 6.33 Å². The normalized spacial score (nSPS) is 20.0. The van der Waals surface area contributed by atoms with Crippen molar-refractivity contribution in [2.45, 2.75) is 19.4 Å². The van der Waals surface area contributed by atoms with Crippen molar-refractivity contribution in [2.75, 3.05) is 16.8 Å². The lowest BCUT2D eigenvalue weighted by Gasteiger charge is -2.16. The Hall–Kier alpha value is -1.01. The Labute approximate surface area is 108 Å². The van der Waals surface area contributed by atoms with Crippen molar-refractivity contribution in [3.8, 4) is 0 Å². The maximum atomic E-state index is 6.10. The van der Waals surface area contributed by atoms with Gasteiger partial charge in [0.05, 0.1) is 0 Å². The number of fused-ring (bicyclic) bond motifs is 1. The molecule has 1 atom stereocenters. The Balaban J connectivity index is 2.05. The van der Waals surface area contributed by atoms with E-state index >= 15 is 0 Å². The summed E-state index contributed by atoms with van der Waals surface area (Å²) in [7, 11) is 0. The lowest BCUT2D eigenvalue weighted by Crippen LogP contribution is -2.21. The summed E-state index contributed by atoms with van der Waals surface area (Å²) in [6.07, 6.45) is 2.66. The third-order valence-electron chi connectivity index (χ3n) is 2.87. The van der Waals surface area contributed by atoms with Gasteiger partial charge in [-0.15, -0.1) is 0 Å². The molecule has 5 nitrogen and oxygen atoms in total. The minimum absolute atomic E-state index is 0.476. The van der Waals surface area contributed by atoms with Crippen LogP contribution in [-0.4, -0.2) is 37.1 Å². The van der Waals surface area contributed by atoms with E-state index in [9.17, 15) is 0 Å². The Kier molecular flexibility index (Phi) is 2.84. The molecule has 3 heterocycles. The zero-order chi connectivity index (χ0) is 11.8. The summed E-state index contributed by atoms with van der Waals surface area (Å²) in [5.41, 5.74) is 0.918. The van der Waals surface area contributed by atoms with Gasteiger partial charge < -0.3 is 5.32 Å². The summed E-state index contributed by atoms with van der Waals surface area (Å²) in [6.45, 7) is 1.95. The van der Waals surface area contributed by atoms with Crippen LogP contribution in [0.2, 0.25) is 5.15 Å². The van der Waals surface area contributed by atoms with E-state index in [-0.39, 0.29) is 0 Å². The highest BCUT2D eigenvalue weighted by atomic mass is 35.5. The molecule has 1 aliphatic rings. The summed E-state index contributed by atoms with van der Waals surface area (Å²) >= 11 is 8.06. The van der Waals surface area contributed by atoms with E-state index in [1.54, 1.807) is 4.52 Å². The smallest absolute Gasteiger partial charge is 0.255 e. The summed E-state index contributed by atoms with van der Waals surface area (Å²) in [4.78, 5) is 8.25. The summed E-state index contributed by atoms with van der Waals surface area (Å²) in [5, 5.41) is 8.16. The van der Waals surface area contributed by atoms with E-state index in [1.807, 2.05) is 18.7 Å². The van der Waals surface area contributed by atoms with Gasteiger partial charge in [0.25, 0.3) is 5.78 Å². The SMILES string of the molecule is Cc1c(Cl)nc2ncnn2c1NC1CCSC1. The first kappa shape index (κ1) is 11.1. The van der Waals surface area contributed by atoms with Gasteiger partial charge in [0.1, 0.15) is 17.3 Å². The second-order valence-corrected chi connectivity index (χ2v) is 5.56. The largest absolute Gasteiger partial charge is 0.366 e. The van der Waals surface area contributed by atoms with Crippen molar-refractivity contribution in [3.05, 3.63) is 17.0 Å². The molecule has 0 radical (unpaired) electrons. The van der Waals surface area contributed by atoms with Crippen LogP contribution in [0.4, 0.5) is 5.82 Å². The molecule has 3 rings (SSSR count). The first-order valence-electron chi connectivity index (χ1n) is 5.46. The summed E-state index contributed by atoms with van der Waals surface area (Å²) in [5.74, 6) is 3.77. The van der Waals surface area contributed by atoms with Gasteiger partial charge in [0.2, 0.25) is 0 Å². The topological polar surface area (TPSA) is 55.1 Å². The van der Waals surface area contributed by atoms with Crippen LogP contribution in [0.3, 0.4) is 0 Å². The monoisotopic (exact) mass is 269 g/mol. The number of halogens is 1. The first-order chi connectivity index (χ1) is 8.25. The van der Waals surface area contributed by atoms with E-state index < -0.39 is 0 Å². The molecule has 1 N–H and O–H groups in total. The van der Waals surface area contributed by atoms with E-state index in [0.717, 1.165) is 17.1 Å². The van der Waals surface area contributed by atoms with Gasteiger partial charge in [-0.1, -0.05) is 11.6 Å². The lowest BCUT2D eigenvalue weighted by molar-refractivity contribution is 0.787. The molecule has 0 saturated carbocycles. The summed E-state index contributed by atoms with van der Waals surface area (Å²) in [6, 6.07) is 0.476. The molecular formula is C10H12ClN5S. The Morgan fingerprint density at radius 3 is 3.24 bits per heavy atom. The predicted octanol–water partition coefficient (Wildman–Crippen LogP) is 2.00. The molecule has 0 aliphatic carbocycles. The molecule has 17 heavy (non-hydrogen) atoms. The maximum absolute atomic E-state index is 6.10. The molecule has 2 aromatic rings. The van der Waals surface area contributed by atoms with Crippen molar-refractivity contribution in [1.82, 2.24) is 19.6 Å². The van der Waals surface area contributed by atoms with Gasteiger partial charge in [-0.3, -0.25) is 0 Å². The van der Waals surface area contributed by atoms with E-state index in [1.165, 1.54) is 18.5 Å². The number of hydrogen-bond donors (Lipinski definition) is 1. The molecule has 0 bridgehead atoms. The molecule has 90 valence electrons. The predicted molar refractivity (Wildman–Crippen MR) is 69.9 cm³/mol. The third kappa shape index (κ3) is 1.95. The van der Waals surface area contributed by atoms with Crippen LogP contribution in [-0.2, 0) is 0 Å². The van der Waals surface area contributed by atoms with Crippen LogP contribution in [0.1, 0.15) is 12.0 Å². The Bertz CT molecular complexity index is 549. The maximum Gasteiger partial charge on any atom is 0.255 e. The van der Waals surface area contributed by atoms with Gasteiger partial charge in [-0.25, -0.2) is 0 Å². The Morgan fingerprint density at radius 1 is 1.59 bits per heavy atom. The Morgan fingerprint density at radius 2 is 2.47 bits per heavy atom. The quantitative estimate of drug-likeness (QED) is 0.845. The van der Waals surface area contributed by atoms with Crippen molar-refractivity contribution in [2.24, 2.45) is 0 Å². The van der Waals surface area contributed by atoms with Crippen LogP contribution in [0, 0.1) is 6.92 Å². The number of thioether (sulfide) groups is 1. The van der Waals surface area contributed by atoms with Crippen LogP contribution < -0.4 is 5.32 Å². The zero-order valence-corrected chi connectivity index (χ0v) is 10.9. The highest BCUT2D eigenvalue weighted by Gasteiger charge is 2.19. The fourth-order valence-corrected chi connectivity index (χ4v) is 3.23. The van der Waals surface area contributed by atoms with Gasteiger partial charge in [-0.2, -0.15) is 31.3 Å². The number of nitrogens with zero attached hydrogens (tertiary/aromatic N) is 4. The lowest BCUT2D eigenvalue weighted by atomic mass is 10.2. The third-order valence-corrected chi connectivity index (χ3v) is 4.41. The molecule has 0 spiro atoms. The number of nitrogens with one attached hydrogen (secondary N) is 1. The van der Waals surface area contributed by atoms with Gasteiger partial charge in [0.15, 0.2) is 0 Å². The molecule has 1 saturated heterocycles. The highest BCUT2D eigenvalue weighted by molar-refractivity contribution is 7.99. The van der Waals surface area contributed by atoms with Crippen molar-refractivity contribution in [3.63, 3.8) is 0 Å². The minimum Gasteiger partial charge on any atom is -0.366 e. The fraction of sp³-hybridized carbons (Fsp3) is 0.500. The zero-order valence-electron chi connectivity index (χ0n) is 9.35. The molecule has 1 fully saturated rings. The average Bonchev–Trinajstić information content (AvgIpc) is 2.94. The van der Waals surface area contributed by atoms with Gasteiger partial charge in [-0.05, 0) is 19.1 Å². The fourth-order valence-electron chi connectivity index (χ4n) is 1.91. The number of aromatic nitrogens is 4. The molecule has 1 unspecified atom stereocenters. The van der Waals surface area contributed by atoms with Crippen LogP contribution >= 0.6 is 23.4 Å². The summed E-state index contributed by atoms with van der Waals surface area (Å²) < 4.78 is 1.71. The number of anilines is 1. The van der Waals surface area contributed by atoms with Crippen LogP contribution in [0.5, 0.6) is 0 Å². The van der Waals surface area contributed by atoms with Crippen LogP contribution in [0.25, 0.3) is 5.78 Å². The van der Waals surface area contributed by atoms with Crippen molar-refractivity contribution >= 4 is 35.0 Å². The van der Waals surface area contributed by atoms with E-state index in [4.69, 9.17) is 11.6 Å². The minimum atomic E-state index is 0.476. The average molecular weight is 270 g/mol. The number of hydrogen-bond acceptors (Lipinski definition) is 5. The van der Waals surface area contributed by atoms with Gasteiger partial charge >= 0.3 is 0 Å². The highest BCUT2D eigenvalue weighted by Crippen LogP contribution is 2.26. The molecule has 7 heteroatoms. The number of rotatable bonds is 2. The van der Waals surface area contributed by atoms with E-state index in [2.05, 4.69) is 20.4 Å². The van der Waals surface area contributed by atoms with Gasteiger partial charge in [0, 0.05) is 17.4 Å². The van der Waals surface area contributed by atoms with E-state index in [0.29, 0.717) is 17.0 Å². The van der Waals surface area contributed by atoms with Crippen molar-refractivity contribution in [1.29, 1.82) is 0 Å². The molecule has 1 aliphatic heterocycles. The molecular weight excluding hydrogens is 258 g/mol. The molecule has 0 amide bonds. The first-order valence-corrected chi connectivity index (χ1v) is 6.99.